The van der Waals surface area contributed by atoms with E-state index in [4.69, 9.17) is 10.5 Å². The molecule has 0 aliphatic rings. The molecule has 5 N–H and O–H groups in total. The number of sulfonamides is 1. The van der Waals surface area contributed by atoms with Gasteiger partial charge in [0.05, 0.1) is 11.5 Å². The number of rotatable bonds is 9. The molecule has 0 saturated heterocycles. The van der Waals surface area contributed by atoms with Crippen LogP contribution in [0.2, 0.25) is 0 Å². The summed E-state index contributed by atoms with van der Waals surface area (Å²) in [5, 5.41) is 5.22. The number of amides is 3. The van der Waals surface area contributed by atoms with Crippen molar-refractivity contribution in [2.45, 2.75) is 18.4 Å². The molecule has 10 heteroatoms. The third-order valence-corrected chi connectivity index (χ3v) is 5.92. The average Bonchev–Trinajstić information content (AvgIpc) is 2.79. The molecule has 0 unspecified atom stereocenters. The van der Waals surface area contributed by atoms with Crippen LogP contribution >= 0.6 is 0 Å². The lowest BCUT2D eigenvalue weighted by molar-refractivity contribution is 0.0950. The van der Waals surface area contributed by atoms with Gasteiger partial charge in [-0.15, -0.1) is 0 Å². The summed E-state index contributed by atoms with van der Waals surface area (Å²) in [6.45, 7) is 2.64. The monoisotopic (exact) mass is 468 g/mol. The van der Waals surface area contributed by atoms with E-state index in [0.29, 0.717) is 29.3 Å². The number of anilines is 2. The molecule has 0 atom stereocenters. The Hall–Kier alpha value is -4.05. The minimum atomic E-state index is -3.81. The normalized spacial score (nSPS) is 10.8. The summed E-state index contributed by atoms with van der Waals surface area (Å²) in [5.41, 5.74) is 7.15. The van der Waals surface area contributed by atoms with Gasteiger partial charge in [-0.1, -0.05) is 12.1 Å². The van der Waals surface area contributed by atoms with Gasteiger partial charge in [0.25, 0.3) is 15.9 Å². The standard InChI is InChI=1S/C23H24N4O5S/c1-2-32-20-11-9-19(10-12-20)27-33(30,31)21-13-5-17(6-14-21)22(28)25-15-16-3-7-18(8-4-16)26-23(24)29/h3-14,27H,2,15H2,1H3,(H,25,28)(H3,24,26,29). The number of carbonyl (C=O) groups is 2. The highest BCUT2D eigenvalue weighted by Crippen LogP contribution is 2.20. The van der Waals surface area contributed by atoms with Gasteiger partial charge in [0.1, 0.15) is 5.75 Å². The Bertz CT molecular complexity index is 1210. The van der Waals surface area contributed by atoms with Crippen molar-refractivity contribution in [3.63, 3.8) is 0 Å². The summed E-state index contributed by atoms with van der Waals surface area (Å²) >= 11 is 0. The van der Waals surface area contributed by atoms with Crippen molar-refractivity contribution >= 4 is 33.3 Å². The lowest BCUT2D eigenvalue weighted by Gasteiger charge is -2.10. The molecule has 0 aromatic heterocycles. The maximum Gasteiger partial charge on any atom is 0.316 e. The first-order valence-electron chi connectivity index (χ1n) is 10.1. The lowest BCUT2D eigenvalue weighted by atomic mass is 10.2. The number of hydrogen-bond acceptors (Lipinski definition) is 5. The highest BCUT2D eigenvalue weighted by Gasteiger charge is 2.15. The Morgan fingerprint density at radius 1 is 0.879 bits per heavy atom. The number of primary amides is 1. The van der Waals surface area contributed by atoms with Crippen LogP contribution in [0.25, 0.3) is 0 Å². The van der Waals surface area contributed by atoms with Gasteiger partial charge in [-0.05, 0) is 73.2 Å². The van der Waals surface area contributed by atoms with Gasteiger partial charge in [0, 0.05) is 23.5 Å². The molecule has 3 amide bonds. The number of nitrogens with two attached hydrogens (primary N) is 1. The Labute approximate surface area is 192 Å². The highest BCUT2D eigenvalue weighted by molar-refractivity contribution is 7.92. The van der Waals surface area contributed by atoms with Crippen LogP contribution in [0.5, 0.6) is 5.75 Å². The number of urea groups is 1. The molecule has 0 bridgehead atoms. The van der Waals surface area contributed by atoms with E-state index in [0.717, 1.165) is 5.56 Å². The molecule has 3 aromatic carbocycles. The molecular weight excluding hydrogens is 444 g/mol. The Morgan fingerprint density at radius 2 is 1.48 bits per heavy atom. The molecule has 172 valence electrons. The van der Waals surface area contributed by atoms with E-state index in [9.17, 15) is 18.0 Å². The zero-order valence-corrected chi connectivity index (χ0v) is 18.7. The molecule has 0 heterocycles. The largest absolute Gasteiger partial charge is 0.494 e. The first-order valence-corrected chi connectivity index (χ1v) is 11.5. The number of nitrogens with one attached hydrogen (secondary N) is 3. The van der Waals surface area contributed by atoms with Gasteiger partial charge < -0.3 is 21.1 Å². The molecule has 3 aromatic rings. The first-order chi connectivity index (χ1) is 15.8. The minimum absolute atomic E-state index is 0.0328. The van der Waals surface area contributed by atoms with E-state index in [1.165, 1.54) is 24.3 Å². The molecule has 0 spiro atoms. The van der Waals surface area contributed by atoms with Crippen LogP contribution in [0.3, 0.4) is 0 Å². The van der Waals surface area contributed by atoms with E-state index in [1.54, 1.807) is 48.5 Å². The predicted octanol–water partition coefficient (Wildman–Crippen LogP) is 3.31. The number of carbonyl (C=O) groups excluding carboxylic acids is 2. The summed E-state index contributed by atoms with van der Waals surface area (Å²) < 4.78 is 33.1. The third-order valence-electron chi connectivity index (χ3n) is 4.52. The number of ether oxygens (including phenoxy) is 1. The van der Waals surface area contributed by atoms with Gasteiger partial charge >= 0.3 is 6.03 Å². The molecule has 0 aliphatic heterocycles. The second-order valence-electron chi connectivity index (χ2n) is 6.96. The van der Waals surface area contributed by atoms with Crippen molar-refractivity contribution in [3.05, 3.63) is 83.9 Å². The Kier molecular flexibility index (Phi) is 7.52. The van der Waals surface area contributed by atoms with Crippen molar-refractivity contribution in [1.29, 1.82) is 0 Å². The minimum Gasteiger partial charge on any atom is -0.494 e. The van der Waals surface area contributed by atoms with Crippen molar-refractivity contribution in [2.24, 2.45) is 5.73 Å². The second-order valence-corrected chi connectivity index (χ2v) is 8.64. The molecule has 0 fully saturated rings. The van der Waals surface area contributed by atoms with Crippen molar-refractivity contribution in [2.75, 3.05) is 16.6 Å². The van der Waals surface area contributed by atoms with Crippen molar-refractivity contribution in [1.82, 2.24) is 5.32 Å². The van der Waals surface area contributed by atoms with Gasteiger partial charge in [-0.2, -0.15) is 0 Å². The molecule has 33 heavy (non-hydrogen) atoms. The fourth-order valence-electron chi connectivity index (χ4n) is 2.92. The zero-order chi connectivity index (χ0) is 23.8. The zero-order valence-electron chi connectivity index (χ0n) is 17.9. The average molecular weight is 469 g/mol. The smallest absolute Gasteiger partial charge is 0.316 e. The molecule has 0 saturated carbocycles. The maximum absolute atomic E-state index is 12.6. The van der Waals surface area contributed by atoms with Crippen LogP contribution in [-0.2, 0) is 16.6 Å². The van der Waals surface area contributed by atoms with E-state index in [1.807, 2.05) is 6.92 Å². The van der Waals surface area contributed by atoms with E-state index >= 15 is 0 Å². The maximum atomic E-state index is 12.6. The molecule has 3 rings (SSSR count). The Morgan fingerprint density at radius 3 is 2.06 bits per heavy atom. The summed E-state index contributed by atoms with van der Waals surface area (Å²) in [5.74, 6) is 0.298. The van der Waals surface area contributed by atoms with E-state index < -0.39 is 16.1 Å². The lowest BCUT2D eigenvalue weighted by Crippen LogP contribution is -2.23. The van der Waals surface area contributed by atoms with Crippen molar-refractivity contribution in [3.8, 4) is 5.75 Å². The third kappa shape index (κ3) is 6.71. The SMILES string of the molecule is CCOc1ccc(NS(=O)(=O)c2ccc(C(=O)NCc3ccc(NC(N)=O)cc3)cc2)cc1. The van der Waals surface area contributed by atoms with Crippen LogP contribution < -0.4 is 25.8 Å². The van der Waals surface area contributed by atoms with E-state index in [2.05, 4.69) is 15.4 Å². The van der Waals surface area contributed by atoms with Crippen LogP contribution in [0.1, 0.15) is 22.8 Å². The summed E-state index contributed by atoms with van der Waals surface area (Å²) in [6, 6.07) is 18.4. The van der Waals surface area contributed by atoms with Crippen molar-refractivity contribution < 1.29 is 22.7 Å². The van der Waals surface area contributed by atoms with Gasteiger partial charge in [-0.3, -0.25) is 9.52 Å². The molecule has 9 nitrogen and oxygen atoms in total. The second kappa shape index (κ2) is 10.5. The fourth-order valence-corrected chi connectivity index (χ4v) is 3.98. The van der Waals surface area contributed by atoms with Crippen LogP contribution in [0, 0.1) is 0 Å². The van der Waals surface area contributed by atoms with E-state index in [-0.39, 0.29) is 17.3 Å². The first kappa shape index (κ1) is 23.6. The topological polar surface area (TPSA) is 140 Å². The van der Waals surface area contributed by atoms with Gasteiger partial charge in [-0.25, -0.2) is 13.2 Å². The summed E-state index contributed by atoms with van der Waals surface area (Å²) in [6.07, 6.45) is 0. The molecule has 0 radical (unpaired) electrons. The molecule has 0 aliphatic carbocycles. The number of benzene rings is 3. The van der Waals surface area contributed by atoms with Crippen LogP contribution in [-0.4, -0.2) is 27.0 Å². The molecular formula is C23H24N4O5S. The fraction of sp³-hybridized carbons (Fsp3) is 0.130. The van der Waals surface area contributed by atoms with Crippen LogP contribution in [0.15, 0.2) is 77.7 Å². The quantitative estimate of drug-likeness (QED) is 0.381. The van der Waals surface area contributed by atoms with Gasteiger partial charge in [0.15, 0.2) is 0 Å². The van der Waals surface area contributed by atoms with Gasteiger partial charge in [0.2, 0.25) is 0 Å². The predicted molar refractivity (Wildman–Crippen MR) is 126 cm³/mol. The van der Waals surface area contributed by atoms with Crippen LogP contribution in [0.4, 0.5) is 16.2 Å². The Balaban J connectivity index is 1.59. The summed E-state index contributed by atoms with van der Waals surface area (Å²) in [4.78, 5) is 23.3. The number of hydrogen-bond donors (Lipinski definition) is 4. The summed E-state index contributed by atoms with van der Waals surface area (Å²) in [7, 11) is -3.81. The highest BCUT2D eigenvalue weighted by atomic mass is 32.2.